The molecule has 1 heterocycles. The lowest BCUT2D eigenvalue weighted by molar-refractivity contribution is -0.00412. The van der Waals surface area contributed by atoms with Crippen molar-refractivity contribution in [2.45, 2.75) is 77.4 Å². The summed E-state index contributed by atoms with van der Waals surface area (Å²) >= 11 is 0. The third-order valence-corrected chi connectivity index (χ3v) is 5.79. The number of nitrogens with zero attached hydrogens (tertiary/aromatic N) is 1. The van der Waals surface area contributed by atoms with Gasteiger partial charge in [-0.1, -0.05) is 20.8 Å². The summed E-state index contributed by atoms with van der Waals surface area (Å²) in [5.41, 5.74) is -0.0265. The minimum atomic E-state index is -0.0265. The number of hydrogen-bond acceptors (Lipinski definition) is 3. The molecule has 2 rings (SSSR count). The summed E-state index contributed by atoms with van der Waals surface area (Å²) in [4.78, 5) is 2.75. The van der Waals surface area contributed by atoms with E-state index in [1.54, 1.807) is 0 Å². The van der Waals surface area contributed by atoms with Crippen LogP contribution in [-0.4, -0.2) is 47.3 Å². The molecule has 20 heavy (non-hydrogen) atoms. The fraction of sp³-hybridized carbons (Fsp3) is 1.00. The fourth-order valence-electron chi connectivity index (χ4n) is 4.59. The molecule has 2 N–H and O–H groups in total. The molecule has 5 unspecified atom stereocenters. The van der Waals surface area contributed by atoms with Gasteiger partial charge in [-0.3, -0.25) is 4.90 Å². The van der Waals surface area contributed by atoms with Crippen molar-refractivity contribution in [3.8, 4) is 0 Å². The van der Waals surface area contributed by atoms with E-state index >= 15 is 0 Å². The Hall–Kier alpha value is -0.120. The van der Waals surface area contributed by atoms with E-state index in [0.717, 1.165) is 31.2 Å². The van der Waals surface area contributed by atoms with Crippen molar-refractivity contribution in [1.29, 1.82) is 0 Å². The van der Waals surface area contributed by atoms with E-state index in [1.807, 2.05) is 0 Å². The number of hydrogen-bond donors (Lipinski definition) is 2. The molecule has 3 heteroatoms. The Bertz CT molecular complexity index is 305. The van der Waals surface area contributed by atoms with Crippen LogP contribution in [-0.2, 0) is 0 Å². The Balaban J connectivity index is 2.07. The number of piperidine rings is 1. The summed E-state index contributed by atoms with van der Waals surface area (Å²) in [5, 5.41) is 13.5. The first kappa shape index (κ1) is 16.3. The molecule has 0 aromatic rings. The van der Waals surface area contributed by atoms with E-state index < -0.39 is 0 Å². The minimum absolute atomic E-state index is 0.0265. The lowest BCUT2D eigenvalue weighted by Crippen LogP contribution is -2.59. The lowest BCUT2D eigenvalue weighted by Gasteiger charge is -2.50. The Kier molecular flexibility index (Phi) is 5.49. The van der Waals surface area contributed by atoms with Crippen molar-refractivity contribution in [3.63, 3.8) is 0 Å². The van der Waals surface area contributed by atoms with Crippen LogP contribution in [0, 0.1) is 11.8 Å². The van der Waals surface area contributed by atoms with Crippen molar-refractivity contribution in [3.05, 3.63) is 0 Å². The van der Waals surface area contributed by atoms with E-state index in [-0.39, 0.29) is 12.1 Å². The average molecular weight is 282 g/mol. The normalized spacial score (nSPS) is 43.6. The third-order valence-electron chi connectivity index (χ3n) is 5.79. The monoisotopic (exact) mass is 282 g/mol. The molecule has 1 aliphatic carbocycles. The Morgan fingerprint density at radius 1 is 1.30 bits per heavy atom. The number of nitrogens with one attached hydrogen (secondary N) is 1. The van der Waals surface area contributed by atoms with Crippen molar-refractivity contribution in [2.75, 3.05) is 19.7 Å². The van der Waals surface area contributed by atoms with E-state index in [9.17, 15) is 5.11 Å². The summed E-state index contributed by atoms with van der Waals surface area (Å²) < 4.78 is 0. The maximum Gasteiger partial charge on any atom is 0.0613 e. The van der Waals surface area contributed by atoms with Gasteiger partial charge in [0.05, 0.1) is 6.61 Å². The van der Waals surface area contributed by atoms with Crippen LogP contribution >= 0.6 is 0 Å². The third kappa shape index (κ3) is 3.37. The molecule has 1 aliphatic heterocycles. The van der Waals surface area contributed by atoms with Crippen molar-refractivity contribution in [1.82, 2.24) is 10.2 Å². The number of likely N-dealkylation sites (N-methyl/N-ethyl adjacent to an activating group) is 1. The molecule has 0 bridgehead atoms. The highest BCUT2D eigenvalue weighted by atomic mass is 16.3. The van der Waals surface area contributed by atoms with Gasteiger partial charge in [-0.25, -0.2) is 0 Å². The van der Waals surface area contributed by atoms with Crippen molar-refractivity contribution in [2.24, 2.45) is 11.8 Å². The second-order valence-electron chi connectivity index (χ2n) is 7.47. The van der Waals surface area contributed by atoms with Gasteiger partial charge in [0.25, 0.3) is 0 Å². The largest absolute Gasteiger partial charge is 0.394 e. The molecule has 0 aromatic heterocycles. The molecule has 0 amide bonds. The van der Waals surface area contributed by atoms with Gasteiger partial charge in [-0.15, -0.1) is 0 Å². The zero-order chi connectivity index (χ0) is 14.8. The lowest BCUT2D eigenvalue weighted by atomic mass is 9.76. The van der Waals surface area contributed by atoms with Gasteiger partial charge in [0.1, 0.15) is 0 Å². The summed E-state index contributed by atoms with van der Waals surface area (Å²) in [5.74, 6) is 1.61. The predicted molar refractivity (Wildman–Crippen MR) is 84.9 cm³/mol. The van der Waals surface area contributed by atoms with E-state index in [4.69, 9.17) is 0 Å². The number of likely N-dealkylation sites (tertiary alicyclic amines) is 1. The Morgan fingerprint density at radius 3 is 2.70 bits per heavy atom. The highest BCUT2D eigenvalue weighted by molar-refractivity contribution is 4.98. The molecular formula is C17H34N2O. The molecule has 1 saturated heterocycles. The molecule has 3 nitrogen and oxygen atoms in total. The molecule has 0 aromatic carbocycles. The van der Waals surface area contributed by atoms with Gasteiger partial charge >= 0.3 is 0 Å². The highest BCUT2D eigenvalue weighted by Gasteiger charge is 2.40. The maximum atomic E-state index is 9.88. The first-order chi connectivity index (χ1) is 9.51. The smallest absolute Gasteiger partial charge is 0.0613 e. The SMILES string of the molecule is CCNC1(CO)CCCC(N2CC(C)CC(C)C2C)C1. The highest BCUT2D eigenvalue weighted by Crippen LogP contribution is 2.36. The molecular weight excluding hydrogens is 248 g/mol. The first-order valence-electron chi connectivity index (χ1n) is 8.63. The summed E-state index contributed by atoms with van der Waals surface area (Å²) in [6, 6.07) is 1.34. The Morgan fingerprint density at radius 2 is 2.05 bits per heavy atom. The van der Waals surface area contributed by atoms with Crippen LogP contribution in [0.1, 0.15) is 59.8 Å². The van der Waals surface area contributed by atoms with Gasteiger partial charge in [0.15, 0.2) is 0 Å². The summed E-state index contributed by atoms with van der Waals surface area (Å²) in [7, 11) is 0. The van der Waals surface area contributed by atoms with Crippen LogP contribution in [0.25, 0.3) is 0 Å². The molecule has 5 atom stereocenters. The number of aliphatic hydroxyl groups is 1. The Labute approximate surface area is 125 Å². The second kappa shape index (κ2) is 6.76. The zero-order valence-corrected chi connectivity index (χ0v) is 13.9. The van der Waals surface area contributed by atoms with Crippen LogP contribution < -0.4 is 5.32 Å². The van der Waals surface area contributed by atoms with Gasteiger partial charge < -0.3 is 10.4 Å². The van der Waals surface area contributed by atoms with Gasteiger partial charge in [-0.05, 0) is 57.4 Å². The van der Waals surface area contributed by atoms with Crippen LogP contribution in [0.4, 0.5) is 0 Å². The summed E-state index contributed by atoms with van der Waals surface area (Å²) in [6.07, 6.45) is 6.15. The number of rotatable bonds is 4. The van der Waals surface area contributed by atoms with Crippen LogP contribution in [0.5, 0.6) is 0 Å². The van der Waals surface area contributed by atoms with E-state index in [1.165, 1.54) is 25.8 Å². The molecule has 2 aliphatic rings. The molecule has 0 spiro atoms. The topological polar surface area (TPSA) is 35.5 Å². The molecule has 2 fully saturated rings. The van der Waals surface area contributed by atoms with Crippen molar-refractivity contribution < 1.29 is 5.11 Å². The molecule has 0 radical (unpaired) electrons. The maximum absolute atomic E-state index is 9.88. The fourth-order valence-corrected chi connectivity index (χ4v) is 4.59. The van der Waals surface area contributed by atoms with Crippen LogP contribution in [0.3, 0.4) is 0 Å². The molecule has 118 valence electrons. The van der Waals surface area contributed by atoms with E-state index in [0.29, 0.717) is 12.1 Å². The second-order valence-corrected chi connectivity index (χ2v) is 7.47. The zero-order valence-electron chi connectivity index (χ0n) is 13.9. The van der Waals surface area contributed by atoms with Crippen molar-refractivity contribution >= 4 is 0 Å². The molecule has 1 saturated carbocycles. The van der Waals surface area contributed by atoms with Crippen LogP contribution in [0.2, 0.25) is 0 Å². The average Bonchev–Trinajstić information content (AvgIpc) is 2.43. The van der Waals surface area contributed by atoms with E-state index in [2.05, 4.69) is 37.9 Å². The predicted octanol–water partition coefficient (Wildman–Crippen LogP) is 2.64. The van der Waals surface area contributed by atoms with Crippen LogP contribution in [0.15, 0.2) is 0 Å². The van der Waals surface area contributed by atoms with Gasteiger partial charge in [0.2, 0.25) is 0 Å². The standard InChI is InChI=1S/C17H34N2O/c1-5-18-17(12-20)8-6-7-16(10-17)19-11-13(2)9-14(3)15(19)4/h13-16,18,20H,5-12H2,1-4H3. The quantitative estimate of drug-likeness (QED) is 0.832. The summed E-state index contributed by atoms with van der Waals surface area (Å²) in [6.45, 7) is 11.8. The minimum Gasteiger partial charge on any atom is -0.394 e. The first-order valence-corrected chi connectivity index (χ1v) is 8.63. The van der Waals surface area contributed by atoms with Gasteiger partial charge in [-0.2, -0.15) is 0 Å². The number of aliphatic hydroxyl groups excluding tert-OH is 1. The van der Waals surface area contributed by atoms with Gasteiger partial charge in [0, 0.05) is 24.2 Å².